The van der Waals surface area contributed by atoms with Gasteiger partial charge in [0, 0.05) is 4.47 Å². The first-order chi connectivity index (χ1) is 9.16. The molecular weight excluding hydrogens is 357 g/mol. The molecule has 1 amide bonds. The van der Waals surface area contributed by atoms with Gasteiger partial charge >= 0.3 is 6.18 Å². The molecule has 3 nitrogen and oxygen atoms in total. The summed E-state index contributed by atoms with van der Waals surface area (Å²) in [4.78, 5) is 11.8. The number of hydrogen-bond donors (Lipinski definition) is 2. The van der Waals surface area contributed by atoms with Gasteiger partial charge in [-0.3, -0.25) is 4.79 Å². The van der Waals surface area contributed by atoms with Crippen LogP contribution in [-0.4, -0.2) is 10.9 Å². The van der Waals surface area contributed by atoms with Gasteiger partial charge in [0.05, 0.1) is 22.2 Å². The number of benzene rings is 1. The molecule has 20 heavy (non-hydrogen) atoms. The SMILES string of the molecule is CCC(C(=O)Nc1ccc(Br)cc1C(F)(F)F)C(N)=S. The van der Waals surface area contributed by atoms with Gasteiger partial charge in [0.1, 0.15) is 0 Å². The molecule has 1 rings (SSSR count). The second kappa shape index (κ2) is 6.53. The molecule has 0 fully saturated rings. The van der Waals surface area contributed by atoms with Gasteiger partial charge < -0.3 is 11.1 Å². The van der Waals surface area contributed by atoms with Gasteiger partial charge in [-0.15, -0.1) is 0 Å². The number of hydrogen-bond acceptors (Lipinski definition) is 2. The van der Waals surface area contributed by atoms with Crippen molar-refractivity contribution in [3.05, 3.63) is 28.2 Å². The summed E-state index contributed by atoms with van der Waals surface area (Å²) in [7, 11) is 0. The number of nitrogens with one attached hydrogen (secondary N) is 1. The van der Waals surface area contributed by atoms with E-state index >= 15 is 0 Å². The quantitative estimate of drug-likeness (QED) is 0.796. The molecule has 1 aromatic carbocycles. The number of alkyl halides is 3. The van der Waals surface area contributed by atoms with Gasteiger partial charge in [-0.25, -0.2) is 0 Å². The molecule has 0 aromatic heterocycles. The lowest BCUT2D eigenvalue weighted by atomic mass is 10.1. The number of amides is 1. The molecule has 1 unspecified atom stereocenters. The summed E-state index contributed by atoms with van der Waals surface area (Å²) in [6, 6.07) is 3.49. The van der Waals surface area contributed by atoms with Crippen molar-refractivity contribution in [1.82, 2.24) is 0 Å². The van der Waals surface area contributed by atoms with Crippen LogP contribution < -0.4 is 11.1 Å². The second-order valence-corrected chi connectivity index (χ2v) is 5.43. The molecule has 1 aromatic rings. The standard InChI is InChI=1S/C12H12BrF3N2OS/c1-2-7(10(17)20)11(19)18-9-4-3-6(13)5-8(9)12(14,15)16/h3-5,7H,2H2,1H3,(H2,17,20)(H,18,19). The molecule has 110 valence electrons. The summed E-state index contributed by atoms with van der Waals surface area (Å²) >= 11 is 7.69. The Morgan fingerprint density at radius 1 is 1.50 bits per heavy atom. The molecule has 0 aliphatic heterocycles. The Morgan fingerprint density at radius 3 is 2.55 bits per heavy atom. The molecule has 0 saturated heterocycles. The van der Waals surface area contributed by atoms with E-state index in [2.05, 4.69) is 21.2 Å². The predicted octanol–water partition coefficient (Wildman–Crippen LogP) is 3.72. The zero-order valence-corrected chi connectivity index (χ0v) is 12.8. The number of thiocarbonyl (C=S) groups is 1. The molecule has 0 saturated carbocycles. The van der Waals surface area contributed by atoms with E-state index in [1.165, 1.54) is 12.1 Å². The molecule has 0 radical (unpaired) electrons. The van der Waals surface area contributed by atoms with Crippen molar-refractivity contribution in [2.45, 2.75) is 19.5 Å². The van der Waals surface area contributed by atoms with Crippen molar-refractivity contribution in [2.24, 2.45) is 11.7 Å². The first-order valence-corrected chi connectivity index (χ1v) is 6.83. The molecular formula is C12H12BrF3N2OS. The molecule has 3 N–H and O–H groups in total. The number of anilines is 1. The topological polar surface area (TPSA) is 55.1 Å². The Bertz CT molecular complexity index is 534. The van der Waals surface area contributed by atoms with Crippen LogP contribution in [0, 0.1) is 5.92 Å². The molecule has 1 atom stereocenters. The highest BCUT2D eigenvalue weighted by molar-refractivity contribution is 9.10. The lowest BCUT2D eigenvalue weighted by Gasteiger charge is -2.17. The monoisotopic (exact) mass is 368 g/mol. The Kier molecular flexibility index (Phi) is 5.52. The summed E-state index contributed by atoms with van der Waals surface area (Å²) < 4.78 is 39.0. The lowest BCUT2D eigenvalue weighted by molar-refractivity contribution is -0.137. The average Bonchev–Trinajstić information content (AvgIpc) is 2.30. The fraction of sp³-hybridized carbons (Fsp3) is 0.333. The third kappa shape index (κ3) is 4.17. The van der Waals surface area contributed by atoms with Crippen LogP contribution in [0.2, 0.25) is 0 Å². The van der Waals surface area contributed by atoms with Crippen LogP contribution in [0.5, 0.6) is 0 Å². The van der Waals surface area contributed by atoms with Crippen molar-refractivity contribution in [2.75, 3.05) is 5.32 Å². The molecule has 0 spiro atoms. The maximum Gasteiger partial charge on any atom is 0.418 e. The van der Waals surface area contributed by atoms with Crippen molar-refractivity contribution in [3.8, 4) is 0 Å². The Morgan fingerprint density at radius 2 is 2.10 bits per heavy atom. The molecule has 8 heteroatoms. The molecule has 0 heterocycles. The summed E-state index contributed by atoms with van der Waals surface area (Å²) in [5.74, 6) is -1.44. The third-order valence-electron chi connectivity index (χ3n) is 2.61. The van der Waals surface area contributed by atoms with Crippen molar-refractivity contribution in [3.63, 3.8) is 0 Å². The Hall–Kier alpha value is -1.15. The van der Waals surface area contributed by atoms with Crippen LogP contribution in [-0.2, 0) is 11.0 Å². The van der Waals surface area contributed by atoms with E-state index in [9.17, 15) is 18.0 Å². The van der Waals surface area contributed by atoms with Crippen LogP contribution in [0.4, 0.5) is 18.9 Å². The first kappa shape index (κ1) is 16.9. The van der Waals surface area contributed by atoms with Crippen LogP contribution in [0.3, 0.4) is 0 Å². The maximum atomic E-state index is 12.9. The van der Waals surface area contributed by atoms with Crippen molar-refractivity contribution >= 4 is 44.7 Å². The number of halogens is 4. The van der Waals surface area contributed by atoms with Crippen LogP contribution in [0.15, 0.2) is 22.7 Å². The minimum atomic E-state index is -4.57. The zero-order chi connectivity index (χ0) is 15.5. The highest BCUT2D eigenvalue weighted by atomic mass is 79.9. The molecule has 0 aliphatic carbocycles. The zero-order valence-electron chi connectivity index (χ0n) is 10.4. The van der Waals surface area contributed by atoms with E-state index in [1.54, 1.807) is 6.92 Å². The van der Waals surface area contributed by atoms with E-state index in [0.29, 0.717) is 6.42 Å². The van der Waals surface area contributed by atoms with E-state index < -0.39 is 23.6 Å². The van der Waals surface area contributed by atoms with E-state index in [-0.39, 0.29) is 15.1 Å². The fourth-order valence-corrected chi connectivity index (χ4v) is 2.23. The van der Waals surface area contributed by atoms with Gasteiger partial charge in [-0.05, 0) is 24.6 Å². The minimum absolute atomic E-state index is 0.0457. The average molecular weight is 369 g/mol. The van der Waals surface area contributed by atoms with Crippen LogP contribution >= 0.6 is 28.1 Å². The number of carbonyl (C=O) groups excluding carboxylic acids is 1. The molecule has 0 bridgehead atoms. The second-order valence-electron chi connectivity index (χ2n) is 4.04. The number of rotatable bonds is 4. The predicted molar refractivity (Wildman–Crippen MR) is 78.3 cm³/mol. The largest absolute Gasteiger partial charge is 0.418 e. The summed E-state index contributed by atoms with van der Waals surface area (Å²) in [6.45, 7) is 1.68. The normalized spacial score (nSPS) is 12.8. The van der Waals surface area contributed by atoms with E-state index in [1.807, 2.05) is 0 Å². The molecule has 0 aliphatic rings. The first-order valence-electron chi connectivity index (χ1n) is 5.63. The summed E-state index contributed by atoms with van der Waals surface area (Å²) in [5, 5.41) is 2.23. The summed E-state index contributed by atoms with van der Waals surface area (Å²) in [5.41, 5.74) is 4.14. The number of carbonyl (C=O) groups is 1. The van der Waals surface area contributed by atoms with Gasteiger partial charge in [0.2, 0.25) is 5.91 Å². The van der Waals surface area contributed by atoms with E-state index in [4.69, 9.17) is 18.0 Å². The minimum Gasteiger partial charge on any atom is -0.393 e. The van der Waals surface area contributed by atoms with Gasteiger partial charge in [0.15, 0.2) is 0 Å². The van der Waals surface area contributed by atoms with Crippen LogP contribution in [0.1, 0.15) is 18.9 Å². The Balaban J connectivity index is 3.10. The Labute approximate surface area is 127 Å². The van der Waals surface area contributed by atoms with Gasteiger partial charge in [-0.1, -0.05) is 35.1 Å². The third-order valence-corrected chi connectivity index (χ3v) is 3.39. The maximum absolute atomic E-state index is 12.9. The van der Waals surface area contributed by atoms with Crippen LogP contribution in [0.25, 0.3) is 0 Å². The summed E-state index contributed by atoms with van der Waals surface area (Å²) in [6.07, 6.45) is -4.25. The lowest BCUT2D eigenvalue weighted by Crippen LogP contribution is -2.33. The van der Waals surface area contributed by atoms with Crippen molar-refractivity contribution < 1.29 is 18.0 Å². The number of nitrogens with two attached hydrogens (primary N) is 1. The smallest absolute Gasteiger partial charge is 0.393 e. The highest BCUT2D eigenvalue weighted by Crippen LogP contribution is 2.36. The van der Waals surface area contributed by atoms with E-state index in [0.717, 1.165) is 6.07 Å². The van der Waals surface area contributed by atoms with Gasteiger partial charge in [0.25, 0.3) is 0 Å². The highest BCUT2D eigenvalue weighted by Gasteiger charge is 2.34. The fourth-order valence-electron chi connectivity index (χ4n) is 1.60. The van der Waals surface area contributed by atoms with Crippen molar-refractivity contribution in [1.29, 1.82) is 0 Å². The van der Waals surface area contributed by atoms with Gasteiger partial charge in [-0.2, -0.15) is 13.2 Å².